The fourth-order valence-corrected chi connectivity index (χ4v) is 9.47. The molecule has 0 N–H and O–H groups in total. The quantitative estimate of drug-likeness (QED) is 0.164. The van der Waals surface area contributed by atoms with E-state index in [0.29, 0.717) is 24.2 Å². The molecule has 0 unspecified atom stereocenters. The number of rotatable bonds is 10. The molecule has 42 heavy (non-hydrogen) atoms. The maximum Gasteiger partial charge on any atom is 0.259 e. The Kier molecular flexibility index (Phi) is 8.50. The maximum absolute atomic E-state index is 13.7. The Labute approximate surface area is 263 Å². The van der Waals surface area contributed by atoms with Gasteiger partial charge >= 0.3 is 0 Å². The largest absolute Gasteiger partial charge is 0.312 e. The van der Waals surface area contributed by atoms with Crippen LogP contribution in [-0.4, -0.2) is 34.7 Å². The van der Waals surface area contributed by atoms with Crippen LogP contribution in [0.1, 0.15) is 56.2 Å². The number of amides is 2. The van der Waals surface area contributed by atoms with Crippen LogP contribution in [0.4, 0.5) is 0 Å². The molecule has 4 aromatic rings. The van der Waals surface area contributed by atoms with Gasteiger partial charge in [-0.3, -0.25) is 9.59 Å². The van der Waals surface area contributed by atoms with Gasteiger partial charge in [0.1, 0.15) is 0 Å². The molecule has 8 heteroatoms. The Morgan fingerprint density at radius 2 is 0.976 bits per heavy atom. The maximum atomic E-state index is 13.7. The summed E-state index contributed by atoms with van der Waals surface area (Å²) in [4.78, 5) is 40.7. The summed E-state index contributed by atoms with van der Waals surface area (Å²) in [6.45, 7) is 9.71. The smallest absolute Gasteiger partial charge is 0.259 e. The molecule has 0 aliphatic carbocycles. The first kappa shape index (κ1) is 29.1. The van der Waals surface area contributed by atoms with Gasteiger partial charge in [0.15, 0.2) is 0 Å². The van der Waals surface area contributed by atoms with Crippen molar-refractivity contribution >= 4 is 62.9 Å². The van der Waals surface area contributed by atoms with Crippen LogP contribution in [0.5, 0.6) is 0 Å². The molecule has 0 spiro atoms. The summed E-state index contributed by atoms with van der Waals surface area (Å²) in [5.41, 5.74) is 2.87. The van der Waals surface area contributed by atoms with E-state index in [1.54, 1.807) is 11.3 Å². The highest BCUT2D eigenvalue weighted by Gasteiger charge is 2.36. The van der Waals surface area contributed by atoms with E-state index in [4.69, 9.17) is 0 Å². The number of aryl methyl sites for hydroxylation is 1. The van der Waals surface area contributed by atoms with Crippen molar-refractivity contribution in [2.24, 2.45) is 0 Å². The van der Waals surface area contributed by atoms with Crippen molar-refractivity contribution in [1.82, 2.24) is 9.80 Å². The SMILES string of the molecule is CCCCN1C(=O)/C(=C2\C=C(c3ccc(-c4ccc(-c5ccc(-c6ccc(C)s6)s5)s4)s3)N(CCCC)C2=O)C=C1C. The van der Waals surface area contributed by atoms with Gasteiger partial charge < -0.3 is 9.80 Å². The van der Waals surface area contributed by atoms with Gasteiger partial charge in [0.2, 0.25) is 0 Å². The molecule has 0 aromatic carbocycles. The van der Waals surface area contributed by atoms with E-state index in [1.165, 1.54) is 34.1 Å². The summed E-state index contributed by atoms with van der Waals surface area (Å²) < 4.78 is 0. The normalized spacial score (nSPS) is 17.1. The molecular weight excluding hydrogens is 597 g/mol. The highest BCUT2D eigenvalue weighted by molar-refractivity contribution is 7.28. The van der Waals surface area contributed by atoms with E-state index in [2.05, 4.69) is 69.3 Å². The zero-order chi connectivity index (χ0) is 29.4. The number of allylic oxidation sites excluding steroid dienone is 1. The fraction of sp³-hybridized carbons (Fsp3) is 0.294. The predicted octanol–water partition coefficient (Wildman–Crippen LogP) is 10.1. The molecule has 2 amide bonds. The topological polar surface area (TPSA) is 40.6 Å². The monoisotopic (exact) mass is 630 g/mol. The number of thiophene rings is 4. The summed E-state index contributed by atoms with van der Waals surface area (Å²) >= 11 is 7.20. The molecule has 0 saturated heterocycles. The van der Waals surface area contributed by atoms with E-state index >= 15 is 0 Å². The minimum atomic E-state index is -0.0639. The van der Waals surface area contributed by atoms with Crippen molar-refractivity contribution < 1.29 is 9.59 Å². The van der Waals surface area contributed by atoms with Crippen LogP contribution in [0.3, 0.4) is 0 Å². The van der Waals surface area contributed by atoms with Crippen molar-refractivity contribution in [2.75, 3.05) is 13.1 Å². The summed E-state index contributed by atoms with van der Waals surface area (Å²) in [7, 11) is 0. The summed E-state index contributed by atoms with van der Waals surface area (Å²) in [5, 5.41) is 0. The van der Waals surface area contributed by atoms with Gasteiger partial charge in [-0.05, 0) is 87.4 Å². The van der Waals surface area contributed by atoms with Crippen LogP contribution >= 0.6 is 45.3 Å². The molecule has 2 aliphatic heterocycles. The minimum Gasteiger partial charge on any atom is -0.312 e. The van der Waals surface area contributed by atoms with Gasteiger partial charge in [-0.1, -0.05) is 26.7 Å². The van der Waals surface area contributed by atoms with Crippen LogP contribution in [0, 0.1) is 6.92 Å². The van der Waals surface area contributed by atoms with Crippen molar-refractivity contribution in [3.8, 4) is 29.3 Å². The molecule has 0 radical (unpaired) electrons. The number of carbonyl (C=O) groups is 2. The Morgan fingerprint density at radius 1 is 0.548 bits per heavy atom. The van der Waals surface area contributed by atoms with Crippen LogP contribution < -0.4 is 0 Å². The minimum absolute atomic E-state index is 0.0545. The molecule has 4 nitrogen and oxygen atoms in total. The molecular formula is C34H34N2O2S4. The first-order valence-corrected chi connectivity index (χ1v) is 17.8. The molecule has 4 aromatic heterocycles. The lowest BCUT2D eigenvalue weighted by molar-refractivity contribution is -0.126. The average Bonchev–Trinajstić information content (AvgIpc) is 3.81. The Bertz CT molecular complexity index is 1740. The number of hydrogen-bond acceptors (Lipinski definition) is 6. The van der Waals surface area contributed by atoms with Gasteiger partial charge in [0.05, 0.1) is 21.7 Å². The second-order valence-corrected chi connectivity index (χ2v) is 15.2. The van der Waals surface area contributed by atoms with Crippen molar-refractivity contribution in [3.05, 3.63) is 87.3 Å². The van der Waals surface area contributed by atoms with Crippen LogP contribution in [0.15, 0.2) is 77.5 Å². The van der Waals surface area contributed by atoms with Crippen molar-refractivity contribution in [2.45, 2.75) is 53.4 Å². The van der Waals surface area contributed by atoms with E-state index in [0.717, 1.165) is 42.0 Å². The number of unbranched alkanes of at least 4 members (excludes halogenated alkanes) is 2. The Hall–Kier alpha value is -3.04. The van der Waals surface area contributed by atoms with Crippen LogP contribution in [-0.2, 0) is 9.59 Å². The first-order chi connectivity index (χ1) is 20.4. The zero-order valence-electron chi connectivity index (χ0n) is 24.4. The molecule has 0 bridgehead atoms. The lowest BCUT2D eigenvalue weighted by Crippen LogP contribution is -2.29. The van der Waals surface area contributed by atoms with Gasteiger partial charge in [-0.2, -0.15) is 0 Å². The molecule has 6 heterocycles. The molecule has 0 atom stereocenters. The fourth-order valence-electron chi connectivity index (χ4n) is 5.29. The molecule has 2 aliphatic rings. The van der Waals surface area contributed by atoms with Crippen LogP contribution in [0.25, 0.3) is 35.0 Å². The predicted molar refractivity (Wildman–Crippen MR) is 181 cm³/mol. The molecule has 0 saturated carbocycles. The second kappa shape index (κ2) is 12.3. The van der Waals surface area contributed by atoms with Gasteiger partial charge in [-0.15, -0.1) is 45.3 Å². The first-order valence-electron chi connectivity index (χ1n) is 14.5. The highest BCUT2D eigenvalue weighted by Crippen LogP contribution is 2.44. The number of nitrogens with zero attached hydrogens (tertiary/aromatic N) is 2. The Balaban J connectivity index is 1.28. The third kappa shape index (κ3) is 5.53. The zero-order valence-corrected chi connectivity index (χ0v) is 27.6. The third-order valence-electron chi connectivity index (χ3n) is 7.60. The third-order valence-corrected chi connectivity index (χ3v) is 12.5. The number of hydrogen-bond donors (Lipinski definition) is 0. The molecule has 0 fully saturated rings. The lowest BCUT2D eigenvalue weighted by Gasteiger charge is -2.19. The average molecular weight is 631 g/mol. The van der Waals surface area contributed by atoms with E-state index in [1.807, 2.05) is 62.9 Å². The van der Waals surface area contributed by atoms with Gasteiger partial charge in [0, 0.05) is 52.9 Å². The Morgan fingerprint density at radius 3 is 1.50 bits per heavy atom. The summed E-state index contributed by atoms with van der Waals surface area (Å²) in [5.74, 6) is -0.118. The summed E-state index contributed by atoms with van der Waals surface area (Å²) in [6, 6.07) is 17.5. The molecule has 216 valence electrons. The van der Waals surface area contributed by atoms with E-state index in [9.17, 15) is 9.59 Å². The highest BCUT2D eigenvalue weighted by atomic mass is 32.1. The van der Waals surface area contributed by atoms with Crippen LogP contribution in [0.2, 0.25) is 0 Å². The van der Waals surface area contributed by atoms with Crippen molar-refractivity contribution in [3.63, 3.8) is 0 Å². The van der Waals surface area contributed by atoms with Gasteiger partial charge in [0.25, 0.3) is 11.8 Å². The van der Waals surface area contributed by atoms with E-state index in [-0.39, 0.29) is 11.8 Å². The lowest BCUT2D eigenvalue weighted by atomic mass is 10.1. The van der Waals surface area contributed by atoms with E-state index < -0.39 is 0 Å². The van der Waals surface area contributed by atoms with Crippen molar-refractivity contribution in [1.29, 1.82) is 0 Å². The second-order valence-electron chi connectivity index (χ2n) is 10.7. The summed E-state index contributed by atoms with van der Waals surface area (Å²) in [6.07, 6.45) is 7.72. The number of carbonyl (C=O) groups excluding carboxylic acids is 2. The van der Waals surface area contributed by atoms with Gasteiger partial charge in [-0.25, -0.2) is 0 Å². The molecule has 6 rings (SSSR count). The standard InChI is InChI=1S/C34H34N2O2S4/c1-5-7-17-35-21(3)19-23(33(35)37)24-20-25(36(34(24)38)18-8-6-2)26-11-12-29(40-26)30-15-16-32(42-30)31-14-13-28(41-31)27-10-9-22(4)39-27/h9-16,19-20H,5-8,17-18H2,1-4H3/b24-23+.